The molecule has 0 saturated carbocycles. The van der Waals surface area contributed by atoms with E-state index in [2.05, 4.69) is 0 Å². The van der Waals surface area contributed by atoms with Gasteiger partial charge in [-0.3, -0.25) is 4.79 Å². The molecule has 0 bridgehead atoms. The first-order valence-electron chi connectivity index (χ1n) is 16.5. The Balaban J connectivity index is 1.25. The van der Waals surface area contributed by atoms with Crippen molar-refractivity contribution in [2.24, 2.45) is 0 Å². The first kappa shape index (κ1) is 39.2. The van der Waals surface area contributed by atoms with Crippen LogP contribution in [0.2, 0.25) is 0 Å². The number of hydrogen-bond donors (Lipinski definition) is 12. The molecule has 1 aromatic heterocycles. The number of benzene rings is 3. The van der Waals surface area contributed by atoms with Gasteiger partial charge in [0.05, 0.1) is 18.8 Å². The van der Waals surface area contributed by atoms with Crippen LogP contribution in [-0.2, 0) is 19.0 Å². The number of aliphatic hydroxyl groups is 7. The molecule has 19 heteroatoms. The van der Waals surface area contributed by atoms with Gasteiger partial charge in [0.25, 0.3) is 0 Å². The Morgan fingerprint density at radius 2 is 1.42 bits per heavy atom. The predicted molar refractivity (Wildman–Crippen MR) is 183 cm³/mol. The van der Waals surface area contributed by atoms with Gasteiger partial charge in [-0.05, 0) is 42.0 Å². The van der Waals surface area contributed by atoms with Crippen LogP contribution in [0.3, 0.4) is 0 Å². The monoisotopic (exact) mass is 772 g/mol. The fraction of sp³-hybridized carbons (Fsp3) is 0.333. The summed E-state index contributed by atoms with van der Waals surface area (Å²) in [5.41, 5.74) is -1.42. The zero-order chi connectivity index (χ0) is 39.9. The van der Waals surface area contributed by atoms with Crippen LogP contribution in [0.5, 0.6) is 34.5 Å². The summed E-state index contributed by atoms with van der Waals surface area (Å²) in [5, 5.41) is 123. The van der Waals surface area contributed by atoms with Gasteiger partial charge in [-0.15, -0.1) is 0 Å². The number of ether oxygens (including phenoxy) is 4. The van der Waals surface area contributed by atoms with Gasteiger partial charge in [-0.2, -0.15) is 0 Å². The molecule has 3 heterocycles. The lowest BCUT2D eigenvalue weighted by Crippen LogP contribution is -2.60. The van der Waals surface area contributed by atoms with Crippen LogP contribution < -0.4 is 10.2 Å². The van der Waals surface area contributed by atoms with Gasteiger partial charge < -0.3 is 84.6 Å². The summed E-state index contributed by atoms with van der Waals surface area (Å²) in [6.45, 7) is -1.57. The maximum atomic E-state index is 13.3. The molecule has 0 unspecified atom stereocenters. The van der Waals surface area contributed by atoms with Crippen molar-refractivity contribution in [3.63, 3.8) is 0 Å². The number of carbonyl (C=O) groups is 1. The second kappa shape index (κ2) is 15.7. The van der Waals surface area contributed by atoms with Gasteiger partial charge in [-0.25, -0.2) is 4.79 Å². The molecule has 19 nitrogen and oxygen atoms in total. The van der Waals surface area contributed by atoms with E-state index in [9.17, 15) is 70.9 Å². The highest BCUT2D eigenvalue weighted by Crippen LogP contribution is 2.46. The molecule has 2 aliphatic heterocycles. The number of fused-ring (bicyclic) bond motifs is 1. The number of aliphatic hydroxyl groups excluding tert-OH is 7. The number of phenolic OH excluding ortho intramolecular Hbond substituents is 5. The van der Waals surface area contributed by atoms with E-state index in [1.165, 1.54) is 18.2 Å². The second-order valence-electron chi connectivity index (χ2n) is 12.7. The van der Waals surface area contributed by atoms with Crippen molar-refractivity contribution < 1.29 is 89.4 Å². The van der Waals surface area contributed by atoms with Crippen LogP contribution in [0.4, 0.5) is 0 Å². The van der Waals surface area contributed by atoms with Gasteiger partial charge in [0.2, 0.25) is 6.29 Å². The number of carbonyl (C=O) groups excluding carboxylic acids is 1. The smallest absolute Gasteiger partial charge is 0.331 e. The highest BCUT2D eigenvalue weighted by molar-refractivity contribution is 5.89. The molecule has 3 aromatic carbocycles. The quantitative estimate of drug-likeness (QED) is 0.0548. The Morgan fingerprint density at radius 3 is 2.09 bits per heavy atom. The van der Waals surface area contributed by atoms with Gasteiger partial charge >= 0.3 is 5.97 Å². The van der Waals surface area contributed by atoms with Crippen molar-refractivity contribution in [3.05, 3.63) is 76.0 Å². The Labute approximate surface area is 308 Å². The third-order valence-electron chi connectivity index (χ3n) is 9.16. The Bertz CT molecular complexity index is 2150. The molecule has 2 fully saturated rings. The van der Waals surface area contributed by atoms with Crippen molar-refractivity contribution >= 4 is 23.0 Å². The minimum absolute atomic E-state index is 0.116. The van der Waals surface area contributed by atoms with E-state index < -0.39 is 126 Å². The molecule has 0 radical (unpaired) electrons. The minimum atomic E-state index is -1.98. The largest absolute Gasteiger partial charge is 0.507 e. The number of aromatic hydroxyl groups is 5. The molecule has 10 atom stereocenters. The van der Waals surface area contributed by atoms with Crippen molar-refractivity contribution in [3.8, 4) is 45.8 Å². The van der Waals surface area contributed by atoms with Crippen molar-refractivity contribution in [2.75, 3.05) is 13.2 Å². The molecule has 4 aromatic rings. The Kier molecular flexibility index (Phi) is 11.2. The Hall–Kier alpha value is -5.48. The zero-order valence-corrected chi connectivity index (χ0v) is 28.2. The molecular weight excluding hydrogens is 736 g/mol. The van der Waals surface area contributed by atoms with Gasteiger partial charge in [0, 0.05) is 23.8 Å². The first-order chi connectivity index (χ1) is 26.1. The summed E-state index contributed by atoms with van der Waals surface area (Å²) in [6.07, 6.45) is -15.0. The maximum absolute atomic E-state index is 13.3. The normalized spacial score (nSPS) is 28.3. The van der Waals surface area contributed by atoms with E-state index in [4.69, 9.17) is 23.4 Å². The van der Waals surface area contributed by atoms with Crippen molar-refractivity contribution in [1.29, 1.82) is 0 Å². The molecule has 55 heavy (non-hydrogen) atoms. The van der Waals surface area contributed by atoms with Crippen LogP contribution in [-0.4, -0.2) is 136 Å². The van der Waals surface area contributed by atoms with E-state index in [-0.39, 0.29) is 28.2 Å². The van der Waals surface area contributed by atoms with Crippen LogP contribution in [0.15, 0.2) is 63.8 Å². The van der Waals surface area contributed by atoms with E-state index in [1.54, 1.807) is 0 Å². The van der Waals surface area contributed by atoms with Crippen molar-refractivity contribution in [2.45, 2.75) is 61.2 Å². The highest BCUT2D eigenvalue weighted by Gasteiger charge is 2.49. The summed E-state index contributed by atoms with van der Waals surface area (Å²) in [4.78, 5) is 26.3. The molecule has 0 aliphatic carbocycles. The van der Waals surface area contributed by atoms with E-state index >= 15 is 0 Å². The summed E-state index contributed by atoms with van der Waals surface area (Å²) in [5.74, 6) is -4.70. The third-order valence-corrected chi connectivity index (χ3v) is 9.16. The predicted octanol–water partition coefficient (Wildman–Crippen LogP) is -1.05. The average molecular weight is 773 g/mol. The van der Waals surface area contributed by atoms with Crippen LogP contribution in [0, 0.1) is 0 Å². The highest BCUT2D eigenvalue weighted by atomic mass is 16.7. The molecule has 12 N–H and O–H groups in total. The second-order valence-corrected chi connectivity index (χ2v) is 12.7. The standard InChI is InChI=1S/C36H36O19/c37-11-23-29(46)32(49)35(55-25(44)6-2-13-1-5-20(17(41)7-13)53-36-33(50)31(48)28(45)24(12-38)54-36)34(52-23)27-19(43)10-22-26(30(27)47)18(42)9-21(51-22)14-3-4-15(39)16(40)8-14/h1-10,23-24,28-29,31-41,43,45-50H,11-12H2/t23-,24-,28-,29-,31+,32+,33-,34+,35-,36-/m1/s1. The first-order valence-corrected chi connectivity index (χ1v) is 16.5. The van der Waals surface area contributed by atoms with E-state index in [0.29, 0.717) is 0 Å². The Morgan fingerprint density at radius 1 is 0.727 bits per heavy atom. The number of rotatable bonds is 9. The molecule has 0 amide bonds. The minimum Gasteiger partial charge on any atom is -0.507 e. The summed E-state index contributed by atoms with van der Waals surface area (Å²) >= 11 is 0. The summed E-state index contributed by atoms with van der Waals surface area (Å²) < 4.78 is 27.5. The fourth-order valence-electron chi connectivity index (χ4n) is 6.22. The number of phenols is 5. The van der Waals surface area contributed by atoms with Crippen molar-refractivity contribution in [1.82, 2.24) is 0 Å². The van der Waals surface area contributed by atoms with E-state index in [0.717, 1.165) is 42.5 Å². The molecule has 2 aliphatic rings. The summed E-state index contributed by atoms with van der Waals surface area (Å²) in [6, 6.07) is 9.14. The lowest BCUT2D eigenvalue weighted by atomic mass is 9.89. The summed E-state index contributed by atoms with van der Waals surface area (Å²) in [7, 11) is 0. The number of hydrogen-bond acceptors (Lipinski definition) is 19. The third kappa shape index (κ3) is 7.60. The van der Waals surface area contributed by atoms with E-state index in [1.807, 2.05) is 0 Å². The maximum Gasteiger partial charge on any atom is 0.331 e. The van der Waals surface area contributed by atoms with Crippen LogP contribution in [0.1, 0.15) is 17.2 Å². The molecule has 0 spiro atoms. The number of esters is 1. The SMILES string of the molecule is O=C(C=Cc1ccc(O[C@@H]2O[C@H](CO)[C@@H](O)[C@H](O)[C@H]2O)c(O)c1)O[C@@H]1[C@@H](O)[C@H](O)[C@@H](CO)O[C@H]1c1c(O)cc2oc(-c3ccc(O)c(O)c3)cc(=O)c2c1O. The topological polar surface area (TPSA) is 327 Å². The molecule has 6 rings (SSSR count). The fourth-order valence-corrected chi connectivity index (χ4v) is 6.22. The molecule has 294 valence electrons. The van der Waals surface area contributed by atoms with Gasteiger partial charge in [0.1, 0.15) is 77.1 Å². The van der Waals surface area contributed by atoms with Crippen LogP contribution >= 0.6 is 0 Å². The van der Waals surface area contributed by atoms with Crippen LogP contribution in [0.25, 0.3) is 28.4 Å². The zero-order valence-electron chi connectivity index (χ0n) is 28.2. The molecular formula is C36H36O19. The lowest BCUT2D eigenvalue weighted by Gasteiger charge is -2.42. The molecule has 2 saturated heterocycles. The van der Waals surface area contributed by atoms with Gasteiger partial charge in [-0.1, -0.05) is 6.07 Å². The lowest BCUT2D eigenvalue weighted by molar-refractivity contribution is -0.277. The average Bonchev–Trinajstić information content (AvgIpc) is 3.15. The van der Waals surface area contributed by atoms with Gasteiger partial charge in [0.15, 0.2) is 34.5 Å².